The van der Waals surface area contributed by atoms with Crippen molar-refractivity contribution in [3.05, 3.63) is 56.5 Å². The molecule has 156 valence electrons. The summed E-state index contributed by atoms with van der Waals surface area (Å²) >= 11 is 6.46. The first-order chi connectivity index (χ1) is 14.2. The zero-order valence-electron chi connectivity index (χ0n) is 16.7. The summed E-state index contributed by atoms with van der Waals surface area (Å²) in [4.78, 5) is 38.6. The van der Waals surface area contributed by atoms with Crippen molar-refractivity contribution in [2.24, 2.45) is 5.73 Å². The zero-order chi connectivity index (χ0) is 22.0. The van der Waals surface area contributed by atoms with Crippen LogP contribution in [0.25, 0.3) is 16.6 Å². The summed E-state index contributed by atoms with van der Waals surface area (Å²) in [6.07, 6.45) is 2.04. The van der Waals surface area contributed by atoms with Gasteiger partial charge in [-0.05, 0) is 44.0 Å². The van der Waals surface area contributed by atoms with Crippen LogP contribution < -0.4 is 20.6 Å². The van der Waals surface area contributed by atoms with E-state index in [-0.39, 0.29) is 28.3 Å². The second-order valence-electron chi connectivity index (χ2n) is 6.76. The molecule has 30 heavy (non-hydrogen) atoms. The number of aromatic nitrogens is 2. The first kappa shape index (κ1) is 21.3. The first-order valence-electron chi connectivity index (χ1n) is 9.04. The highest BCUT2D eigenvalue weighted by molar-refractivity contribution is 6.35. The molecule has 0 unspecified atom stereocenters. The molecular weight excluding hydrogens is 410 g/mol. The third-order valence-corrected chi connectivity index (χ3v) is 4.77. The van der Waals surface area contributed by atoms with E-state index in [2.05, 4.69) is 4.98 Å². The number of carbonyl (C=O) groups is 2. The second kappa shape index (κ2) is 8.54. The molecule has 9 heteroatoms. The number of nitrogens with zero attached hydrogens (tertiary/aromatic N) is 2. The highest BCUT2D eigenvalue weighted by Gasteiger charge is 2.20. The van der Waals surface area contributed by atoms with E-state index in [9.17, 15) is 14.4 Å². The minimum absolute atomic E-state index is 0.0202. The van der Waals surface area contributed by atoms with Gasteiger partial charge < -0.3 is 19.8 Å². The minimum atomic E-state index is -0.690. The number of hydrogen-bond acceptors (Lipinski definition) is 6. The number of amides is 1. The molecule has 0 aliphatic rings. The molecule has 3 aromatic rings. The number of aryl methyl sites for hydroxylation is 3. The lowest BCUT2D eigenvalue weighted by Crippen LogP contribution is -2.21. The molecule has 0 aliphatic carbocycles. The van der Waals surface area contributed by atoms with Crippen LogP contribution in [-0.2, 0) is 9.59 Å². The van der Waals surface area contributed by atoms with Gasteiger partial charge in [0.1, 0.15) is 17.7 Å². The van der Waals surface area contributed by atoms with Gasteiger partial charge in [-0.25, -0.2) is 4.98 Å². The van der Waals surface area contributed by atoms with Crippen LogP contribution in [0.5, 0.6) is 11.6 Å². The van der Waals surface area contributed by atoms with E-state index in [0.29, 0.717) is 23.2 Å². The summed E-state index contributed by atoms with van der Waals surface area (Å²) in [7, 11) is 0. The summed E-state index contributed by atoms with van der Waals surface area (Å²) in [5.41, 5.74) is 8.35. The zero-order valence-corrected chi connectivity index (χ0v) is 17.4. The van der Waals surface area contributed by atoms with Crippen LogP contribution in [0.2, 0.25) is 5.02 Å². The third kappa shape index (κ3) is 3.99. The number of carbonyl (C=O) groups excluding carboxylic acids is 2. The van der Waals surface area contributed by atoms with Gasteiger partial charge in [0, 0.05) is 11.8 Å². The Labute approximate surface area is 177 Å². The number of pyridine rings is 2. The molecule has 0 atom stereocenters. The Kier molecular flexibility index (Phi) is 6.07. The topological polar surface area (TPSA) is 114 Å². The SMILES string of the molecule is Cc1cc(OCC=O)cc(C)c1-n1c(C)cc(=O)c2c(OCC(N)=O)ncc(Cl)c21. The standard InChI is InChI=1S/C21H20ClN3O5/c1-11-6-14(29-5-4-26)7-12(2)19(11)25-13(3)8-16(27)18-20(25)15(22)9-24-21(18)30-10-17(23)28/h4,6-9H,5,10H2,1-3H3,(H2,23,28). The molecule has 0 fully saturated rings. The van der Waals surface area contributed by atoms with Crippen LogP contribution in [-0.4, -0.2) is 35.0 Å². The molecule has 0 bridgehead atoms. The fourth-order valence-corrected chi connectivity index (χ4v) is 3.65. The molecule has 2 heterocycles. The van der Waals surface area contributed by atoms with E-state index >= 15 is 0 Å². The summed E-state index contributed by atoms with van der Waals surface area (Å²) in [6, 6.07) is 5.05. The van der Waals surface area contributed by atoms with Crippen molar-refractivity contribution < 1.29 is 19.1 Å². The predicted molar refractivity (Wildman–Crippen MR) is 113 cm³/mol. The lowest BCUT2D eigenvalue weighted by atomic mass is 10.1. The average molecular weight is 430 g/mol. The Morgan fingerprint density at radius 3 is 2.47 bits per heavy atom. The summed E-state index contributed by atoms with van der Waals surface area (Å²) < 4.78 is 12.6. The van der Waals surface area contributed by atoms with Gasteiger partial charge in [0.25, 0.3) is 5.91 Å². The van der Waals surface area contributed by atoms with Gasteiger partial charge in [-0.1, -0.05) is 11.6 Å². The maximum atomic E-state index is 12.8. The number of fused-ring (bicyclic) bond motifs is 1. The smallest absolute Gasteiger partial charge is 0.255 e. The number of hydrogen-bond donors (Lipinski definition) is 1. The molecule has 3 rings (SSSR count). The Morgan fingerprint density at radius 2 is 1.87 bits per heavy atom. The van der Waals surface area contributed by atoms with Gasteiger partial charge in [0.05, 0.1) is 22.4 Å². The fraction of sp³-hybridized carbons (Fsp3) is 0.238. The van der Waals surface area contributed by atoms with Crippen molar-refractivity contribution in [1.29, 1.82) is 0 Å². The van der Waals surface area contributed by atoms with E-state index in [1.165, 1.54) is 12.3 Å². The molecule has 0 radical (unpaired) electrons. The largest absolute Gasteiger partial charge is 0.486 e. The van der Waals surface area contributed by atoms with Crippen molar-refractivity contribution in [1.82, 2.24) is 9.55 Å². The third-order valence-electron chi connectivity index (χ3n) is 4.49. The number of halogens is 1. The van der Waals surface area contributed by atoms with E-state index in [4.69, 9.17) is 26.8 Å². The van der Waals surface area contributed by atoms with Gasteiger partial charge in [-0.2, -0.15) is 0 Å². The number of aldehydes is 1. The number of ether oxygens (including phenoxy) is 2. The lowest BCUT2D eigenvalue weighted by Gasteiger charge is -2.21. The maximum absolute atomic E-state index is 12.8. The average Bonchev–Trinajstić information content (AvgIpc) is 2.67. The Bertz CT molecular complexity index is 1200. The molecule has 0 saturated carbocycles. The van der Waals surface area contributed by atoms with Gasteiger partial charge in [-0.3, -0.25) is 14.4 Å². The number of benzene rings is 1. The minimum Gasteiger partial charge on any atom is -0.486 e. The summed E-state index contributed by atoms with van der Waals surface area (Å²) in [5.74, 6) is -0.153. The van der Waals surface area contributed by atoms with Crippen LogP contribution in [0.15, 0.2) is 29.2 Å². The van der Waals surface area contributed by atoms with Crippen molar-refractivity contribution in [2.45, 2.75) is 20.8 Å². The van der Waals surface area contributed by atoms with Crippen LogP contribution in [0.1, 0.15) is 16.8 Å². The monoisotopic (exact) mass is 429 g/mol. The number of primary amides is 1. The molecule has 8 nitrogen and oxygen atoms in total. The van der Waals surface area contributed by atoms with E-state index in [1.54, 1.807) is 19.1 Å². The van der Waals surface area contributed by atoms with Gasteiger partial charge in [0.15, 0.2) is 18.3 Å². The van der Waals surface area contributed by atoms with Crippen LogP contribution in [0.3, 0.4) is 0 Å². The molecule has 0 aliphatic heterocycles. The van der Waals surface area contributed by atoms with E-state index in [1.807, 2.05) is 18.4 Å². The van der Waals surface area contributed by atoms with Crippen LogP contribution in [0, 0.1) is 20.8 Å². The Balaban J connectivity index is 2.32. The second-order valence-corrected chi connectivity index (χ2v) is 7.17. The highest BCUT2D eigenvalue weighted by Crippen LogP contribution is 2.33. The van der Waals surface area contributed by atoms with Gasteiger partial charge >= 0.3 is 0 Å². The molecule has 2 aromatic heterocycles. The Hall–Kier alpha value is -3.39. The Morgan fingerprint density at radius 1 is 1.20 bits per heavy atom. The molecule has 0 spiro atoms. The van der Waals surface area contributed by atoms with Crippen LogP contribution in [0.4, 0.5) is 0 Å². The number of nitrogens with two attached hydrogens (primary N) is 1. The number of rotatable bonds is 7. The maximum Gasteiger partial charge on any atom is 0.255 e. The molecule has 1 amide bonds. The van der Waals surface area contributed by atoms with E-state index in [0.717, 1.165) is 16.8 Å². The van der Waals surface area contributed by atoms with Crippen molar-refractivity contribution in [2.75, 3.05) is 13.2 Å². The first-order valence-corrected chi connectivity index (χ1v) is 9.42. The molecule has 0 saturated heterocycles. The van der Waals surface area contributed by atoms with Gasteiger partial charge in [0.2, 0.25) is 5.88 Å². The highest BCUT2D eigenvalue weighted by atomic mass is 35.5. The summed E-state index contributed by atoms with van der Waals surface area (Å²) in [5, 5.41) is 0.395. The molecular formula is C21H20ClN3O5. The van der Waals surface area contributed by atoms with E-state index < -0.39 is 12.5 Å². The summed E-state index contributed by atoms with van der Waals surface area (Å²) in [6.45, 7) is 5.10. The van der Waals surface area contributed by atoms with Gasteiger partial charge in [-0.15, -0.1) is 0 Å². The van der Waals surface area contributed by atoms with Crippen molar-refractivity contribution >= 4 is 34.7 Å². The predicted octanol–water partition coefficient (Wildman–Crippen LogP) is 2.41. The lowest BCUT2D eigenvalue weighted by molar-refractivity contribution is -0.120. The van der Waals surface area contributed by atoms with Crippen molar-refractivity contribution in [3.63, 3.8) is 0 Å². The molecule has 1 aromatic carbocycles. The fourth-order valence-electron chi connectivity index (χ4n) is 3.42. The van der Waals surface area contributed by atoms with Crippen LogP contribution >= 0.6 is 11.6 Å². The quantitative estimate of drug-likeness (QED) is 0.577. The van der Waals surface area contributed by atoms with Crippen molar-refractivity contribution in [3.8, 4) is 17.3 Å². The molecule has 2 N–H and O–H groups in total. The normalized spacial score (nSPS) is 10.8.